The van der Waals surface area contributed by atoms with Crippen LogP contribution in [0.25, 0.3) is 16.6 Å². The Morgan fingerprint density at radius 3 is 2.89 bits per heavy atom. The van der Waals surface area contributed by atoms with E-state index in [1.165, 1.54) is 0 Å². The molecule has 0 unspecified atom stereocenters. The summed E-state index contributed by atoms with van der Waals surface area (Å²) in [5, 5.41) is 5.21. The summed E-state index contributed by atoms with van der Waals surface area (Å²) in [6, 6.07) is 7.70. The van der Waals surface area contributed by atoms with Gasteiger partial charge in [-0.05, 0) is 30.2 Å². The van der Waals surface area contributed by atoms with E-state index >= 15 is 0 Å². The van der Waals surface area contributed by atoms with Gasteiger partial charge in [0.1, 0.15) is 16.8 Å². The van der Waals surface area contributed by atoms with E-state index in [1.807, 2.05) is 37.4 Å². The molecule has 0 saturated carbocycles. The van der Waals surface area contributed by atoms with E-state index in [9.17, 15) is 4.79 Å². The van der Waals surface area contributed by atoms with Crippen LogP contribution in [-0.4, -0.2) is 44.5 Å². The lowest BCUT2D eigenvalue weighted by molar-refractivity contribution is 0.0787. The van der Waals surface area contributed by atoms with Gasteiger partial charge >= 0.3 is 0 Å². The second-order valence-corrected chi connectivity index (χ2v) is 6.45. The van der Waals surface area contributed by atoms with Crippen molar-refractivity contribution < 1.29 is 9.53 Å². The van der Waals surface area contributed by atoms with Crippen molar-refractivity contribution in [2.24, 2.45) is 0 Å². The topological polar surface area (TPSA) is 72.6 Å². The zero-order chi connectivity index (χ0) is 19.0. The van der Waals surface area contributed by atoms with Crippen LogP contribution in [0, 0.1) is 6.92 Å². The highest BCUT2D eigenvalue weighted by Gasteiger charge is 2.19. The molecule has 0 aliphatic carbocycles. The van der Waals surface area contributed by atoms with Gasteiger partial charge in [-0.2, -0.15) is 5.10 Å². The summed E-state index contributed by atoms with van der Waals surface area (Å²) in [6.07, 6.45) is 6.88. The minimum absolute atomic E-state index is 0.130. The Hall–Kier alpha value is -3.48. The predicted molar refractivity (Wildman–Crippen MR) is 102 cm³/mol. The maximum absolute atomic E-state index is 13.0. The molecule has 1 amide bonds. The molecule has 0 radical (unpaired) electrons. The number of carbonyl (C=O) groups excluding carboxylic acids is 1. The summed E-state index contributed by atoms with van der Waals surface area (Å²) in [7, 11) is 3.39. The van der Waals surface area contributed by atoms with E-state index in [0.717, 1.165) is 22.0 Å². The molecule has 0 bridgehead atoms. The fourth-order valence-corrected chi connectivity index (χ4v) is 3.16. The van der Waals surface area contributed by atoms with Crippen LogP contribution in [0.5, 0.6) is 5.75 Å². The highest BCUT2D eigenvalue weighted by Crippen LogP contribution is 2.27. The number of hydrogen-bond donors (Lipinski definition) is 0. The number of nitrogens with zero attached hydrogens (tertiary/aromatic N) is 5. The Balaban J connectivity index is 1.67. The van der Waals surface area contributed by atoms with E-state index < -0.39 is 0 Å². The van der Waals surface area contributed by atoms with Crippen molar-refractivity contribution in [3.05, 3.63) is 65.7 Å². The van der Waals surface area contributed by atoms with Gasteiger partial charge in [0, 0.05) is 37.6 Å². The van der Waals surface area contributed by atoms with Crippen LogP contribution in [-0.2, 0) is 6.54 Å². The Labute approximate surface area is 156 Å². The minimum Gasteiger partial charge on any atom is -0.494 e. The molecular formula is C20H19N5O2. The summed E-state index contributed by atoms with van der Waals surface area (Å²) in [5.74, 6) is 0.583. The summed E-state index contributed by atoms with van der Waals surface area (Å²) < 4.78 is 7.02. The molecule has 0 atom stereocenters. The second kappa shape index (κ2) is 6.68. The highest BCUT2D eigenvalue weighted by molar-refractivity contribution is 5.99. The Bertz CT molecular complexity index is 1150. The fraction of sp³-hybridized carbons (Fsp3) is 0.200. The first-order valence-corrected chi connectivity index (χ1v) is 8.54. The van der Waals surface area contributed by atoms with Crippen LogP contribution in [0.2, 0.25) is 0 Å². The fourth-order valence-electron chi connectivity index (χ4n) is 3.16. The molecule has 0 aliphatic rings. The van der Waals surface area contributed by atoms with Crippen LogP contribution in [0.3, 0.4) is 0 Å². The molecule has 0 spiro atoms. The van der Waals surface area contributed by atoms with Crippen LogP contribution in [0.1, 0.15) is 21.5 Å². The van der Waals surface area contributed by atoms with E-state index in [4.69, 9.17) is 4.74 Å². The van der Waals surface area contributed by atoms with E-state index in [2.05, 4.69) is 15.1 Å². The number of carbonyl (C=O) groups is 1. The number of aryl methyl sites for hydroxylation is 1. The standard InChI is InChI=1S/C20H19N5O2/c1-13-9-22-19-16(10-23-25(19)11-13)20(26)24(2)12-14-6-7-17(27-3)18-15(14)5-4-8-21-18/h4-11H,12H2,1-3H3. The van der Waals surface area contributed by atoms with Gasteiger partial charge in [0.2, 0.25) is 0 Å². The first-order chi connectivity index (χ1) is 13.1. The van der Waals surface area contributed by atoms with Crippen molar-refractivity contribution in [1.29, 1.82) is 0 Å². The number of benzene rings is 1. The molecule has 4 rings (SSSR count). The average Bonchev–Trinajstić information content (AvgIpc) is 3.10. The number of pyridine rings is 1. The number of rotatable bonds is 4. The monoisotopic (exact) mass is 361 g/mol. The molecule has 0 saturated heterocycles. The Morgan fingerprint density at radius 1 is 1.22 bits per heavy atom. The second-order valence-electron chi connectivity index (χ2n) is 6.45. The van der Waals surface area contributed by atoms with Crippen molar-refractivity contribution in [2.75, 3.05) is 14.2 Å². The zero-order valence-corrected chi connectivity index (χ0v) is 15.4. The summed E-state index contributed by atoms with van der Waals surface area (Å²) in [6.45, 7) is 2.37. The molecule has 7 heteroatoms. The average molecular weight is 361 g/mol. The van der Waals surface area contributed by atoms with Crippen molar-refractivity contribution in [2.45, 2.75) is 13.5 Å². The first kappa shape index (κ1) is 17.0. The van der Waals surface area contributed by atoms with Gasteiger partial charge in [0.15, 0.2) is 5.65 Å². The van der Waals surface area contributed by atoms with Gasteiger partial charge in [-0.15, -0.1) is 0 Å². The third kappa shape index (κ3) is 2.97. The van der Waals surface area contributed by atoms with Gasteiger partial charge in [0.05, 0.1) is 13.3 Å². The van der Waals surface area contributed by atoms with Crippen LogP contribution >= 0.6 is 0 Å². The maximum Gasteiger partial charge on any atom is 0.259 e. The summed E-state index contributed by atoms with van der Waals surface area (Å²) >= 11 is 0. The lowest BCUT2D eigenvalue weighted by Crippen LogP contribution is -2.26. The molecular weight excluding hydrogens is 342 g/mol. The highest BCUT2D eigenvalue weighted by atomic mass is 16.5. The van der Waals surface area contributed by atoms with Crippen molar-refractivity contribution in [3.8, 4) is 5.75 Å². The predicted octanol–water partition coefficient (Wildman–Crippen LogP) is 2.87. The van der Waals surface area contributed by atoms with Gasteiger partial charge in [-0.25, -0.2) is 9.50 Å². The molecule has 4 aromatic rings. The molecule has 27 heavy (non-hydrogen) atoms. The normalized spacial score (nSPS) is 11.1. The van der Waals surface area contributed by atoms with Crippen molar-refractivity contribution >= 4 is 22.5 Å². The Morgan fingerprint density at radius 2 is 2.07 bits per heavy atom. The molecule has 0 aliphatic heterocycles. The van der Waals surface area contributed by atoms with Crippen LogP contribution < -0.4 is 4.74 Å². The van der Waals surface area contributed by atoms with Crippen LogP contribution in [0.15, 0.2) is 49.1 Å². The summed E-state index contributed by atoms with van der Waals surface area (Å²) in [4.78, 5) is 23.4. The van der Waals surface area contributed by atoms with Gasteiger partial charge in [-0.1, -0.05) is 12.1 Å². The van der Waals surface area contributed by atoms with Crippen molar-refractivity contribution in [3.63, 3.8) is 0 Å². The lowest BCUT2D eigenvalue weighted by atomic mass is 10.1. The van der Waals surface area contributed by atoms with Crippen molar-refractivity contribution in [1.82, 2.24) is 24.5 Å². The van der Waals surface area contributed by atoms with E-state index in [1.54, 1.807) is 42.2 Å². The molecule has 7 nitrogen and oxygen atoms in total. The lowest BCUT2D eigenvalue weighted by Gasteiger charge is -2.18. The number of aromatic nitrogens is 4. The quantitative estimate of drug-likeness (QED) is 0.559. The van der Waals surface area contributed by atoms with E-state index in [-0.39, 0.29) is 5.91 Å². The smallest absolute Gasteiger partial charge is 0.259 e. The molecule has 0 N–H and O–H groups in total. The number of amides is 1. The largest absolute Gasteiger partial charge is 0.494 e. The minimum atomic E-state index is -0.130. The number of fused-ring (bicyclic) bond motifs is 2. The number of hydrogen-bond acceptors (Lipinski definition) is 5. The molecule has 3 heterocycles. The summed E-state index contributed by atoms with van der Waals surface area (Å²) in [5.41, 5.74) is 3.80. The maximum atomic E-state index is 13.0. The van der Waals surface area contributed by atoms with E-state index in [0.29, 0.717) is 23.5 Å². The SMILES string of the molecule is COc1ccc(CN(C)C(=O)c2cnn3cc(C)cnc23)c2cccnc12. The number of ether oxygens (including phenoxy) is 1. The third-order valence-electron chi connectivity index (χ3n) is 4.51. The molecule has 136 valence electrons. The Kier molecular flexibility index (Phi) is 4.19. The first-order valence-electron chi connectivity index (χ1n) is 8.54. The molecule has 1 aromatic carbocycles. The van der Waals surface area contributed by atoms with Gasteiger partial charge in [0.25, 0.3) is 5.91 Å². The molecule has 0 fully saturated rings. The number of methoxy groups -OCH3 is 1. The third-order valence-corrected chi connectivity index (χ3v) is 4.51. The molecule has 3 aromatic heterocycles. The van der Waals surface area contributed by atoms with Gasteiger partial charge in [-0.3, -0.25) is 9.78 Å². The zero-order valence-electron chi connectivity index (χ0n) is 15.4. The van der Waals surface area contributed by atoms with Crippen LogP contribution in [0.4, 0.5) is 0 Å². The van der Waals surface area contributed by atoms with Gasteiger partial charge < -0.3 is 9.64 Å².